The second-order valence-electron chi connectivity index (χ2n) is 5.33. The third-order valence-electron chi connectivity index (χ3n) is 3.42. The lowest BCUT2D eigenvalue weighted by atomic mass is 10.0. The number of nitrogen functional groups attached to an aromatic ring is 1. The van der Waals surface area contributed by atoms with Crippen LogP contribution in [0.5, 0.6) is 0 Å². The Kier molecular flexibility index (Phi) is 5.30. The van der Waals surface area contributed by atoms with E-state index in [1.807, 2.05) is 0 Å². The zero-order valence-electron chi connectivity index (χ0n) is 13.3. The summed E-state index contributed by atoms with van der Waals surface area (Å²) in [7, 11) is 0. The van der Waals surface area contributed by atoms with E-state index in [0.29, 0.717) is 27.9 Å². The summed E-state index contributed by atoms with van der Waals surface area (Å²) in [6.45, 7) is 0. The summed E-state index contributed by atoms with van der Waals surface area (Å²) in [5, 5.41) is 29.0. The molecule has 0 aliphatic carbocycles. The zero-order chi connectivity index (χ0) is 18.7. The number of rotatable bonds is 5. The van der Waals surface area contributed by atoms with Gasteiger partial charge in [0.15, 0.2) is 0 Å². The van der Waals surface area contributed by atoms with Crippen molar-refractivity contribution < 1.29 is 15.3 Å². The number of benzene rings is 1. The molecule has 26 heavy (non-hydrogen) atoms. The maximum Gasteiger partial charge on any atom is 0.305 e. The molecule has 134 valence electrons. The van der Waals surface area contributed by atoms with Crippen molar-refractivity contribution >= 4 is 35.2 Å². The first kappa shape index (κ1) is 18.4. The molecule has 3 aromatic rings. The molecule has 0 spiro atoms. The fourth-order valence-electron chi connectivity index (χ4n) is 2.27. The minimum absolute atomic E-state index is 0.124. The Hall–Kier alpha value is -2.36. The van der Waals surface area contributed by atoms with E-state index in [1.165, 1.54) is 18.0 Å². The molecule has 1 aromatic carbocycles. The first-order chi connectivity index (χ1) is 12.3. The Morgan fingerprint density at radius 2 is 1.85 bits per heavy atom. The van der Waals surface area contributed by atoms with Gasteiger partial charge in [0, 0.05) is 22.2 Å². The highest BCUT2D eigenvalue weighted by molar-refractivity contribution is 8.00. The van der Waals surface area contributed by atoms with Crippen LogP contribution in [-0.2, 0) is 5.97 Å². The van der Waals surface area contributed by atoms with E-state index in [-0.39, 0.29) is 5.56 Å². The van der Waals surface area contributed by atoms with E-state index in [4.69, 9.17) is 17.3 Å². The van der Waals surface area contributed by atoms with Crippen LogP contribution in [0.25, 0.3) is 11.3 Å². The quantitative estimate of drug-likeness (QED) is 0.332. The van der Waals surface area contributed by atoms with Crippen molar-refractivity contribution in [3.63, 3.8) is 0 Å². The molecule has 0 aliphatic heterocycles. The summed E-state index contributed by atoms with van der Waals surface area (Å²) in [6.07, 6.45) is 1.60. The summed E-state index contributed by atoms with van der Waals surface area (Å²) in [5.41, 5.74) is 6.12. The highest BCUT2D eigenvalue weighted by Gasteiger charge is 2.27. The summed E-state index contributed by atoms with van der Waals surface area (Å²) in [4.78, 5) is 9.18. The van der Waals surface area contributed by atoms with Crippen molar-refractivity contribution in [3.8, 4) is 11.3 Å². The van der Waals surface area contributed by atoms with Crippen LogP contribution in [0.1, 0.15) is 5.56 Å². The van der Waals surface area contributed by atoms with E-state index in [9.17, 15) is 15.3 Å². The van der Waals surface area contributed by atoms with Gasteiger partial charge in [0.2, 0.25) is 0 Å². The van der Waals surface area contributed by atoms with E-state index in [2.05, 4.69) is 14.7 Å². The third-order valence-corrected chi connectivity index (χ3v) is 4.52. The topological polar surface area (TPSA) is 125 Å². The molecule has 0 unspecified atom stereocenters. The second-order valence-corrected chi connectivity index (χ2v) is 6.62. The van der Waals surface area contributed by atoms with Crippen molar-refractivity contribution in [2.75, 3.05) is 10.5 Å². The molecule has 7 nitrogen and oxygen atoms in total. The number of nitrogens with one attached hydrogen (secondary N) is 1. The average Bonchev–Trinajstić information content (AvgIpc) is 2.60. The number of anilines is 2. The maximum atomic E-state index is 9.57. The number of nitrogens with zero attached hydrogens (tertiary/aromatic N) is 2. The molecule has 2 aromatic heterocycles. The van der Waals surface area contributed by atoms with Crippen LogP contribution in [-0.4, -0.2) is 25.3 Å². The molecule has 0 fully saturated rings. The summed E-state index contributed by atoms with van der Waals surface area (Å²) < 4.78 is 3.06. The fraction of sp³-hybridized carbons (Fsp3) is 0.0588. The molecule has 2 heterocycles. The Morgan fingerprint density at radius 3 is 2.58 bits per heavy atom. The SMILES string of the molecule is Nc1cc(SNc2ccc(Cl)c(-c3ccccc3C(O)(O)O)n2)ccn1. The van der Waals surface area contributed by atoms with Gasteiger partial charge in [0.1, 0.15) is 11.6 Å². The Bertz CT molecular complexity index is 934. The van der Waals surface area contributed by atoms with E-state index in [1.54, 1.807) is 48.7 Å². The first-order valence-electron chi connectivity index (χ1n) is 7.42. The lowest BCUT2D eigenvalue weighted by Gasteiger charge is -2.19. The first-order valence-corrected chi connectivity index (χ1v) is 8.62. The molecule has 3 rings (SSSR count). The summed E-state index contributed by atoms with van der Waals surface area (Å²) in [6, 6.07) is 13.0. The molecule has 0 bridgehead atoms. The van der Waals surface area contributed by atoms with Gasteiger partial charge in [-0.2, -0.15) is 0 Å². The highest BCUT2D eigenvalue weighted by Crippen LogP contribution is 2.34. The lowest BCUT2D eigenvalue weighted by Crippen LogP contribution is -2.24. The molecule has 0 atom stereocenters. The van der Waals surface area contributed by atoms with Crippen molar-refractivity contribution in [2.45, 2.75) is 10.9 Å². The number of aliphatic hydroxyl groups is 3. The van der Waals surface area contributed by atoms with Gasteiger partial charge in [0.25, 0.3) is 0 Å². The van der Waals surface area contributed by atoms with Gasteiger partial charge in [-0.3, -0.25) is 0 Å². The zero-order valence-corrected chi connectivity index (χ0v) is 14.9. The van der Waals surface area contributed by atoms with Crippen molar-refractivity contribution in [2.24, 2.45) is 0 Å². The largest absolute Gasteiger partial charge is 0.384 e. The monoisotopic (exact) mass is 390 g/mol. The molecule has 0 radical (unpaired) electrons. The Morgan fingerprint density at radius 1 is 1.08 bits per heavy atom. The van der Waals surface area contributed by atoms with Crippen molar-refractivity contribution in [1.82, 2.24) is 9.97 Å². The summed E-state index contributed by atoms with van der Waals surface area (Å²) in [5.74, 6) is -2.12. The molecule has 9 heteroatoms. The lowest BCUT2D eigenvalue weighted by molar-refractivity contribution is -0.323. The van der Waals surface area contributed by atoms with Gasteiger partial charge in [-0.25, -0.2) is 9.97 Å². The number of halogens is 1. The Balaban J connectivity index is 1.92. The van der Waals surface area contributed by atoms with Crippen LogP contribution < -0.4 is 10.5 Å². The van der Waals surface area contributed by atoms with Crippen LogP contribution in [0.3, 0.4) is 0 Å². The van der Waals surface area contributed by atoms with Crippen molar-refractivity contribution in [1.29, 1.82) is 0 Å². The summed E-state index contributed by atoms with van der Waals surface area (Å²) >= 11 is 7.51. The minimum atomic E-state index is -3.01. The number of hydrogen-bond donors (Lipinski definition) is 5. The predicted octanol–water partition coefficient (Wildman–Crippen LogP) is 2.59. The molecular weight excluding hydrogens is 376 g/mol. The normalized spacial score (nSPS) is 11.4. The second kappa shape index (κ2) is 7.48. The molecular formula is C17H15ClN4O3S. The molecule has 0 saturated heterocycles. The van der Waals surface area contributed by atoms with Crippen LogP contribution in [0.4, 0.5) is 11.6 Å². The highest BCUT2D eigenvalue weighted by atomic mass is 35.5. The van der Waals surface area contributed by atoms with Gasteiger partial charge >= 0.3 is 5.97 Å². The van der Waals surface area contributed by atoms with Gasteiger partial charge in [-0.1, -0.05) is 35.9 Å². The molecule has 6 N–H and O–H groups in total. The number of hydrogen-bond acceptors (Lipinski definition) is 8. The number of pyridine rings is 2. The smallest absolute Gasteiger partial charge is 0.305 e. The van der Waals surface area contributed by atoms with E-state index in [0.717, 1.165) is 4.90 Å². The third kappa shape index (κ3) is 4.24. The fourth-order valence-corrected chi connectivity index (χ4v) is 3.12. The van der Waals surface area contributed by atoms with Gasteiger partial charge in [-0.05, 0) is 36.2 Å². The minimum Gasteiger partial charge on any atom is -0.384 e. The average molecular weight is 391 g/mol. The van der Waals surface area contributed by atoms with Crippen LogP contribution in [0.15, 0.2) is 59.6 Å². The van der Waals surface area contributed by atoms with E-state index >= 15 is 0 Å². The van der Waals surface area contributed by atoms with Gasteiger partial charge in [0.05, 0.1) is 10.7 Å². The standard InChI is InChI=1S/C17H15ClN4O3S/c18-13-5-6-15(22-26-10-7-8-20-14(19)9-10)21-16(13)11-3-1-2-4-12(11)17(23,24)25/h1-9,23-25H,(H2,19,20)(H,21,22). The number of nitrogens with two attached hydrogens (primary N) is 1. The van der Waals surface area contributed by atoms with Crippen LogP contribution in [0, 0.1) is 0 Å². The van der Waals surface area contributed by atoms with Crippen LogP contribution in [0.2, 0.25) is 5.02 Å². The van der Waals surface area contributed by atoms with Gasteiger partial charge < -0.3 is 25.8 Å². The maximum absolute atomic E-state index is 9.57. The number of aromatic nitrogens is 2. The predicted molar refractivity (Wildman–Crippen MR) is 101 cm³/mol. The molecule has 0 amide bonds. The van der Waals surface area contributed by atoms with Crippen molar-refractivity contribution in [3.05, 3.63) is 65.3 Å². The molecule has 0 saturated carbocycles. The van der Waals surface area contributed by atoms with E-state index < -0.39 is 5.97 Å². The Labute approximate surface area is 158 Å². The van der Waals surface area contributed by atoms with Crippen LogP contribution >= 0.6 is 23.5 Å². The van der Waals surface area contributed by atoms with Gasteiger partial charge in [-0.15, -0.1) is 0 Å². The molecule has 0 aliphatic rings.